The van der Waals surface area contributed by atoms with E-state index in [1.54, 1.807) is 0 Å². The Kier molecular flexibility index (Phi) is 4.54. The molecular weight excluding hydrogens is 311 g/mol. The summed E-state index contributed by atoms with van der Waals surface area (Å²) in [4.78, 5) is 3.88. The number of rotatable bonds is 4. The minimum absolute atomic E-state index is 0.0123. The maximum absolute atomic E-state index is 12.3. The Balaban J connectivity index is 2.27. The number of nitrogens with zero attached hydrogens (tertiary/aromatic N) is 1. The van der Waals surface area contributed by atoms with Crippen LogP contribution < -0.4 is 9.47 Å². The van der Waals surface area contributed by atoms with E-state index in [2.05, 4.69) is 9.72 Å². The van der Waals surface area contributed by atoms with Gasteiger partial charge < -0.3 is 14.6 Å². The molecule has 0 unspecified atom stereocenters. The van der Waals surface area contributed by atoms with Gasteiger partial charge in [-0.1, -0.05) is 23.7 Å². The first-order valence-corrected chi connectivity index (χ1v) is 6.06. The number of aromatic nitrogens is 1. The van der Waals surface area contributed by atoms with Gasteiger partial charge in [0.25, 0.3) is 0 Å². The van der Waals surface area contributed by atoms with E-state index in [9.17, 15) is 13.2 Å². The van der Waals surface area contributed by atoms with Crippen LogP contribution in [0, 0.1) is 0 Å². The highest BCUT2D eigenvalue weighted by Crippen LogP contribution is 2.34. The number of aliphatic hydroxyl groups is 1. The molecule has 21 heavy (non-hydrogen) atoms. The summed E-state index contributed by atoms with van der Waals surface area (Å²) in [6, 6.07) is 8.07. The lowest BCUT2D eigenvalue weighted by molar-refractivity contribution is -0.275. The average molecular weight is 320 g/mol. The van der Waals surface area contributed by atoms with Crippen molar-refractivity contribution in [2.24, 2.45) is 0 Å². The van der Waals surface area contributed by atoms with Gasteiger partial charge in [-0.3, -0.25) is 0 Å². The predicted octanol–water partition coefficient (Wildman–Crippen LogP) is 3.92. The first kappa shape index (κ1) is 15.4. The Hall–Kier alpha value is -1.99. The number of para-hydroxylation sites is 2. The highest BCUT2D eigenvalue weighted by Gasteiger charge is 2.32. The van der Waals surface area contributed by atoms with Crippen molar-refractivity contribution in [1.29, 1.82) is 0 Å². The van der Waals surface area contributed by atoms with Gasteiger partial charge in [0.05, 0.1) is 17.3 Å². The largest absolute Gasteiger partial charge is 0.573 e. The number of hydrogen-bond donors (Lipinski definition) is 1. The van der Waals surface area contributed by atoms with Crippen molar-refractivity contribution in [2.45, 2.75) is 13.0 Å². The molecule has 0 saturated heterocycles. The molecule has 2 rings (SSSR count). The topological polar surface area (TPSA) is 51.6 Å². The molecule has 0 bridgehead atoms. The summed E-state index contributed by atoms with van der Waals surface area (Å²) in [7, 11) is 0. The summed E-state index contributed by atoms with van der Waals surface area (Å²) in [6.45, 7) is -0.420. The molecule has 1 heterocycles. The monoisotopic (exact) mass is 319 g/mol. The second-order valence-electron chi connectivity index (χ2n) is 3.83. The van der Waals surface area contributed by atoms with Gasteiger partial charge in [0.15, 0.2) is 11.5 Å². The van der Waals surface area contributed by atoms with E-state index >= 15 is 0 Å². The summed E-state index contributed by atoms with van der Waals surface area (Å²) >= 11 is 5.77. The van der Waals surface area contributed by atoms with Crippen LogP contribution >= 0.6 is 11.6 Å². The number of benzene rings is 1. The lowest BCUT2D eigenvalue weighted by Crippen LogP contribution is -2.17. The molecule has 0 aliphatic heterocycles. The zero-order chi connectivity index (χ0) is 15.5. The molecule has 0 atom stereocenters. The molecule has 0 radical (unpaired) electrons. The molecule has 1 aromatic heterocycles. The van der Waals surface area contributed by atoms with Crippen molar-refractivity contribution in [2.75, 3.05) is 0 Å². The van der Waals surface area contributed by atoms with Gasteiger partial charge in [-0.2, -0.15) is 0 Å². The van der Waals surface area contributed by atoms with Crippen molar-refractivity contribution in [3.63, 3.8) is 0 Å². The van der Waals surface area contributed by atoms with Crippen LogP contribution in [-0.4, -0.2) is 16.5 Å². The molecule has 0 saturated carbocycles. The van der Waals surface area contributed by atoms with Crippen LogP contribution in [0.1, 0.15) is 5.69 Å². The van der Waals surface area contributed by atoms with Crippen LogP contribution in [0.2, 0.25) is 5.02 Å². The van der Waals surface area contributed by atoms with Gasteiger partial charge in [-0.15, -0.1) is 13.2 Å². The number of hydrogen-bond acceptors (Lipinski definition) is 4. The number of aliphatic hydroxyl groups excluding tert-OH is 1. The van der Waals surface area contributed by atoms with Gasteiger partial charge >= 0.3 is 6.36 Å². The predicted molar refractivity (Wildman–Crippen MR) is 68.4 cm³/mol. The number of alkyl halides is 3. The smallest absolute Gasteiger partial charge is 0.435 e. The third kappa shape index (κ3) is 4.24. The van der Waals surface area contributed by atoms with Crippen LogP contribution in [0.15, 0.2) is 36.4 Å². The number of ether oxygens (including phenoxy) is 2. The highest BCUT2D eigenvalue weighted by atomic mass is 35.5. The van der Waals surface area contributed by atoms with Crippen LogP contribution in [-0.2, 0) is 6.61 Å². The van der Waals surface area contributed by atoms with E-state index in [0.29, 0.717) is 0 Å². The highest BCUT2D eigenvalue weighted by molar-refractivity contribution is 6.31. The first-order chi connectivity index (χ1) is 9.89. The molecule has 1 aromatic carbocycles. The van der Waals surface area contributed by atoms with Gasteiger partial charge in [-0.05, 0) is 18.2 Å². The lowest BCUT2D eigenvalue weighted by Gasteiger charge is -2.13. The van der Waals surface area contributed by atoms with Crippen LogP contribution in [0.25, 0.3) is 0 Å². The minimum atomic E-state index is -4.83. The number of halogens is 4. The Morgan fingerprint density at radius 3 is 2.38 bits per heavy atom. The summed E-state index contributed by atoms with van der Waals surface area (Å²) in [5.74, 6) is -0.664. The van der Waals surface area contributed by atoms with Crippen molar-refractivity contribution in [3.8, 4) is 17.4 Å². The third-order valence-electron chi connectivity index (χ3n) is 2.33. The quantitative estimate of drug-likeness (QED) is 0.928. The maximum atomic E-state index is 12.3. The summed E-state index contributed by atoms with van der Waals surface area (Å²) < 4.78 is 46.0. The van der Waals surface area contributed by atoms with Crippen molar-refractivity contribution in [3.05, 3.63) is 47.1 Å². The summed E-state index contributed by atoms with van der Waals surface area (Å²) in [5.41, 5.74) is 0.156. The molecule has 0 aliphatic rings. The van der Waals surface area contributed by atoms with Gasteiger partial charge in [0.2, 0.25) is 5.88 Å². The van der Waals surface area contributed by atoms with Crippen molar-refractivity contribution in [1.82, 2.24) is 4.98 Å². The van der Waals surface area contributed by atoms with E-state index in [-0.39, 0.29) is 22.3 Å². The molecule has 0 aliphatic carbocycles. The SMILES string of the molecule is OCc1nc(Oc2ccccc2OC(F)(F)F)ccc1Cl. The normalized spacial score (nSPS) is 11.3. The second-order valence-corrected chi connectivity index (χ2v) is 4.24. The number of pyridine rings is 1. The maximum Gasteiger partial charge on any atom is 0.573 e. The van der Waals surface area contributed by atoms with Crippen molar-refractivity contribution < 1.29 is 27.8 Å². The Bertz CT molecular complexity index is 634. The zero-order valence-electron chi connectivity index (χ0n) is 10.4. The molecule has 0 spiro atoms. The van der Waals surface area contributed by atoms with E-state index in [1.165, 1.54) is 30.3 Å². The van der Waals surface area contributed by atoms with Crippen LogP contribution in [0.4, 0.5) is 13.2 Å². The molecule has 4 nitrogen and oxygen atoms in total. The fourth-order valence-electron chi connectivity index (χ4n) is 1.49. The van der Waals surface area contributed by atoms with Crippen LogP contribution in [0.5, 0.6) is 17.4 Å². The van der Waals surface area contributed by atoms with Crippen molar-refractivity contribution >= 4 is 11.6 Å². The molecule has 2 aromatic rings. The molecule has 0 amide bonds. The Morgan fingerprint density at radius 2 is 1.76 bits per heavy atom. The zero-order valence-corrected chi connectivity index (χ0v) is 11.1. The van der Waals surface area contributed by atoms with Gasteiger partial charge in [0.1, 0.15) is 0 Å². The lowest BCUT2D eigenvalue weighted by atomic mass is 10.3. The Morgan fingerprint density at radius 1 is 1.10 bits per heavy atom. The van der Waals surface area contributed by atoms with Gasteiger partial charge in [-0.25, -0.2) is 4.98 Å². The van der Waals surface area contributed by atoms with Crippen LogP contribution in [0.3, 0.4) is 0 Å². The molecular formula is C13H9ClF3NO3. The fourth-order valence-corrected chi connectivity index (χ4v) is 1.65. The van der Waals surface area contributed by atoms with E-state index in [0.717, 1.165) is 6.07 Å². The Labute approximate surface area is 122 Å². The molecule has 0 fully saturated rings. The molecule has 8 heteroatoms. The molecule has 1 N–H and O–H groups in total. The first-order valence-electron chi connectivity index (χ1n) is 5.68. The fraction of sp³-hybridized carbons (Fsp3) is 0.154. The van der Waals surface area contributed by atoms with E-state index < -0.39 is 18.7 Å². The van der Waals surface area contributed by atoms with Gasteiger partial charge in [0, 0.05) is 6.07 Å². The average Bonchev–Trinajstić information content (AvgIpc) is 2.41. The van der Waals surface area contributed by atoms with E-state index in [1.807, 2.05) is 0 Å². The summed E-state index contributed by atoms with van der Waals surface area (Å²) in [6.07, 6.45) is -4.83. The second kappa shape index (κ2) is 6.19. The van der Waals surface area contributed by atoms with E-state index in [4.69, 9.17) is 21.4 Å². The third-order valence-corrected chi connectivity index (χ3v) is 2.68. The molecule has 112 valence electrons. The minimum Gasteiger partial charge on any atom is -0.435 e. The standard InChI is InChI=1S/C13H9ClF3NO3/c14-8-5-6-12(18-9(8)7-19)20-10-3-1-2-4-11(10)21-13(15,16)17/h1-6,19H,7H2. The summed E-state index contributed by atoms with van der Waals surface area (Å²) in [5, 5.41) is 9.27.